The van der Waals surface area contributed by atoms with Crippen molar-refractivity contribution in [2.24, 2.45) is 4.99 Å². The molecule has 0 saturated heterocycles. The van der Waals surface area contributed by atoms with Crippen LogP contribution in [0.1, 0.15) is 12.5 Å². The van der Waals surface area contributed by atoms with Crippen molar-refractivity contribution in [1.29, 1.82) is 0 Å². The zero-order valence-corrected chi connectivity index (χ0v) is 20.4. The highest BCUT2D eigenvalue weighted by Crippen LogP contribution is 2.15. The number of guanidine groups is 1. The number of halogens is 2. The molecule has 0 atom stereocenters. The molecule has 0 bridgehead atoms. The molecule has 2 rings (SSSR count). The van der Waals surface area contributed by atoms with E-state index in [1.54, 1.807) is 24.3 Å². The Labute approximate surface area is 195 Å². The monoisotopic (exact) mass is 551 g/mol. The summed E-state index contributed by atoms with van der Waals surface area (Å²) in [6.07, 6.45) is 1.99. The minimum atomic E-state index is -3.19. The second kappa shape index (κ2) is 12.9. The molecule has 0 radical (unpaired) electrons. The number of sulfone groups is 1. The Morgan fingerprint density at radius 1 is 1.14 bits per heavy atom. The van der Waals surface area contributed by atoms with Gasteiger partial charge in [-0.05, 0) is 55.3 Å². The summed E-state index contributed by atoms with van der Waals surface area (Å²) in [6, 6.07) is 14.2. The van der Waals surface area contributed by atoms with E-state index in [0.29, 0.717) is 25.4 Å². The van der Waals surface area contributed by atoms with Crippen LogP contribution in [-0.2, 0) is 16.3 Å². The second-order valence-electron chi connectivity index (χ2n) is 6.16. The average molecular weight is 552 g/mol. The van der Waals surface area contributed by atoms with Gasteiger partial charge in [-0.25, -0.2) is 8.42 Å². The van der Waals surface area contributed by atoms with E-state index in [0.717, 1.165) is 29.5 Å². The molecule has 0 heterocycles. The van der Waals surface area contributed by atoms with Gasteiger partial charge in [0.2, 0.25) is 0 Å². The highest BCUT2D eigenvalue weighted by Gasteiger charge is 2.06. The van der Waals surface area contributed by atoms with Gasteiger partial charge in [0.25, 0.3) is 0 Å². The normalized spacial score (nSPS) is 11.5. The molecule has 0 saturated carbocycles. The van der Waals surface area contributed by atoms with Gasteiger partial charge in [0.15, 0.2) is 15.8 Å². The van der Waals surface area contributed by atoms with Gasteiger partial charge < -0.3 is 15.4 Å². The summed E-state index contributed by atoms with van der Waals surface area (Å²) in [7, 11) is -3.19. The molecule has 2 aromatic rings. The third-order valence-corrected chi connectivity index (χ3v) is 5.18. The fourth-order valence-corrected chi connectivity index (χ4v) is 3.30. The number of nitrogens with one attached hydrogen (secondary N) is 2. The third-order valence-electron chi connectivity index (χ3n) is 3.82. The van der Waals surface area contributed by atoms with Crippen LogP contribution in [0.5, 0.6) is 5.75 Å². The molecule has 0 unspecified atom stereocenters. The summed E-state index contributed by atoms with van der Waals surface area (Å²) >= 11 is 6.00. The van der Waals surface area contributed by atoms with Gasteiger partial charge in [0.1, 0.15) is 12.4 Å². The van der Waals surface area contributed by atoms with Crippen molar-refractivity contribution in [3.8, 4) is 5.75 Å². The van der Waals surface area contributed by atoms with Crippen LogP contribution in [0.25, 0.3) is 0 Å². The quantitative estimate of drug-likeness (QED) is 0.216. The Morgan fingerprint density at radius 2 is 1.86 bits per heavy atom. The van der Waals surface area contributed by atoms with E-state index < -0.39 is 9.84 Å². The lowest BCUT2D eigenvalue weighted by atomic mass is 10.1. The van der Waals surface area contributed by atoms with Crippen molar-refractivity contribution in [2.45, 2.75) is 18.2 Å². The van der Waals surface area contributed by atoms with E-state index >= 15 is 0 Å². The van der Waals surface area contributed by atoms with Crippen LogP contribution in [0.4, 0.5) is 0 Å². The largest absolute Gasteiger partial charge is 0.492 e. The van der Waals surface area contributed by atoms with Crippen LogP contribution in [0.3, 0.4) is 0 Å². The fourth-order valence-electron chi connectivity index (χ4n) is 2.45. The molecule has 0 aliphatic carbocycles. The number of benzene rings is 2. The number of aliphatic imine (C=N–C) groups is 1. The van der Waals surface area contributed by atoms with E-state index in [-0.39, 0.29) is 28.9 Å². The van der Waals surface area contributed by atoms with Crippen molar-refractivity contribution in [1.82, 2.24) is 10.6 Å². The SMILES string of the molecule is CCNC(=NCCc1cccc(Cl)c1)NCCOc1ccc(S(C)(=O)=O)cc1.I. The Kier molecular flexibility index (Phi) is 11.4. The Balaban J connectivity index is 0.00000420. The number of nitrogens with zero attached hydrogens (tertiary/aromatic N) is 1. The predicted molar refractivity (Wildman–Crippen MR) is 130 cm³/mol. The van der Waals surface area contributed by atoms with Crippen LogP contribution in [0, 0.1) is 0 Å². The first-order valence-corrected chi connectivity index (χ1v) is 11.3. The van der Waals surface area contributed by atoms with E-state index in [9.17, 15) is 8.42 Å². The molecular weight excluding hydrogens is 525 g/mol. The molecule has 0 aliphatic heterocycles. The molecule has 6 nitrogen and oxygen atoms in total. The highest BCUT2D eigenvalue weighted by molar-refractivity contribution is 14.0. The lowest BCUT2D eigenvalue weighted by Gasteiger charge is -2.12. The van der Waals surface area contributed by atoms with Gasteiger partial charge >= 0.3 is 0 Å². The summed E-state index contributed by atoms with van der Waals surface area (Å²) in [4.78, 5) is 4.83. The Bertz CT molecular complexity index is 890. The smallest absolute Gasteiger partial charge is 0.191 e. The molecule has 0 aromatic heterocycles. The van der Waals surface area contributed by atoms with Gasteiger partial charge in [-0.2, -0.15) is 0 Å². The summed E-state index contributed by atoms with van der Waals surface area (Å²) in [5, 5.41) is 7.14. The van der Waals surface area contributed by atoms with Crippen molar-refractivity contribution in [2.75, 3.05) is 32.5 Å². The van der Waals surface area contributed by atoms with Crippen LogP contribution in [0.15, 0.2) is 58.4 Å². The molecule has 0 aliphatic rings. The molecular formula is C20H27ClIN3O3S. The van der Waals surface area contributed by atoms with Gasteiger partial charge in [-0.15, -0.1) is 24.0 Å². The van der Waals surface area contributed by atoms with Crippen molar-refractivity contribution in [3.63, 3.8) is 0 Å². The maximum absolute atomic E-state index is 11.5. The molecule has 2 N–H and O–H groups in total. The maximum Gasteiger partial charge on any atom is 0.191 e. The van der Waals surface area contributed by atoms with Gasteiger partial charge in [0, 0.05) is 24.4 Å². The number of hydrogen-bond acceptors (Lipinski definition) is 4. The molecule has 0 fully saturated rings. The Hall–Kier alpha value is -1.52. The first-order valence-electron chi connectivity index (χ1n) is 9.08. The van der Waals surface area contributed by atoms with Crippen LogP contribution in [0.2, 0.25) is 5.02 Å². The van der Waals surface area contributed by atoms with Gasteiger partial charge in [-0.3, -0.25) is 4.99 Å². The second-order valence-corrected chi connectivity index (χ2v) is 8.61. The lowest BCUT2D eigenvalue weighted by molar-refractivity contribution is 0.321. The standard InChI is InChI=1S/C20H26ClN3O3S.HI/c1-3-22-20(23-12-11-16-5-4-6-17(21)15-16)24-13-14-27-18-7-9-19(10-8-18)28(2,25)26;/h4-10,15H,3,11-14H2,1-2H3,(H2,22,23,24);1H. The lowest BCUT2D eigenvalue weighted by Crippen LogP contribution is -2.39. The van der Waals surface area contributed by atoms with Crippen molar-refractivity contribution >= 4 is 51.4 Å². The molecule has 160 valence electrons. The average Bonchev–Trinajstić information content (AvgIpc) is 2.65. The molecule has 29 heavy (non-hydrogen) atoms. The first-order chi connectivity index (χ1) is 13.4. The van der Waals surface area contributed by atoms with E-state index in [4.69, 9.17) is 16.3 Å². The molecule has 0 spiro atoms. The zero-order chi connectivity index (χ0) is 20.4. The predicted octanol–water partition coefficient (Wildman–Crippen LogP) is 3.54. The van der Waals surface area contributed by atoms with Crippen molar-refractivity contribution < 1.29 is 13.2 Å². The maximum atomic E-state index is 11.5. The van der Waals surface area contributed by atoms with E-state index in [2.05, 4.69) is 15.6 Å². The third kappa shape index (κ3) is 9.68. The van der Waals surface area contributed by atoms with Gasteiger partial charge in [0.05, 0.1) is 11.4 Å². The Morgan fingerprint density at radius 3 is 2.48 bits per heavy atom. The minimum absolute atomic E-state index is 0. The van der Waals surface area contributed by atoms with E-state index in [1.807, 2.05) is 31.2 Å². The van der Waals surface area contributed by atoms with Crippen molar-refractivity contribution in [3.05, 3.63) is 59.1 Å². The van der Waals surface area contributed by atoms with Crippen LogP contribution >= 0.6 is 35.6 Å². The minimum Gasteiger partial charge on any atom is -0.492 e. The number of hydrogen-bond donors (Lipinski definition) is 2. The van der Waals surface area contributed by atoms with Gasteiger partial charge in [-0.1, -0.05) is 23.7 Å². The molecule has 0 amide bonds. The van der Waals surface area contributed by atoms with Crippen LogP contribution in [-0.4, -0.2) is 46.9 Å². The molecule has 9 heteroatoms. The summed E-state index contributed by atoms with van der Waals surface area (Å²) in [5.41, 5.74) is 1.15. The number of ether oxygens (including phenoxy) is 1. The molecule has 2 aromatic carbocycles. The summed E-state index contributed by atoms with van der Waals surface area (Å²) in [5.74, 6) is 1.35. The van der Waals surface area contributed by atoms with E-state index in [1.165, 1.54) is 6.26 Å². The zero-order valence-electron chi connectivity index (χ0n) is 16.5. The van der Waals surface area contributed by atoms with Crippen LogP contribution < -0.4 is 15.4 Å². The topological polar surface area (TPSA) is 79.8 Å². The number of rotatable bonds is 9. The first kappa shape index (κ1) is 25.5. The highest BCUT2D eigenvalue weighted by atomic mass is 127. The summed E-state index contributed by atoms with van der Waals surface area (Å²) < 4.78 is 28.5. The fraction of sp³-hybridized carbons (Fsp3) is 0.350. The summed E-state index contributed by atoms with van der Waals surface area (Å²) in [6.45, 7) is 4.40.